The highest BCUT2D eigenvalue weighted by Gasteiger charge is 2.16. The Bertz CT molecular complexity index is 427. The molecule has 0 heterocycles. The third-order valence-corrected chi connectivity index (χ3v) is 3.54. The van der Waals surface area contributed by atoms with E-state index in [2.05, 4.69) is 14.8 Å². The van der Waals surface area contributed by atoms with Gasteiger partial charge in [-0.25, -0.2) is 8.42 Å². The highest BCUT2D eigenvalue weighted by atomic mass is 79.9. The molecule has 0 radical (unpaired) electrons. The summed E-state index contributed by atoms with van der Waals surface area (Å²) in [6.07, 6.45) is 0. The molecule has 14 heavy (non-hydrogen) atoms. The second-order valence-electron chi connectivity index (χ2n) is 2.45. The van der Waals surface area contributed by atoms with Crippen LogP contribution in [0.25, 0.3) is 0 Å². The van der Waals surface area contributed by atoms with Crippen LogP contribution >= 0.6 is 14.8 Å². The van der Waals surface area contributed by atoms with Crippen LogP contribution in [0.15, 0.2) is 23.1 Å². The first-order valence-electron chi connectivity index (χ1n) is 3.65. The molecule has 0 saturated carbocycles. The fraction of sp³-hybridized carbons (Fsp3) is 0.250. The normalized spacial score (nSPS) is 11.1. The zero-order valence-electron chi connectivity index (χ0n) is 7.65. The van der Waals surface area contributed by atoms with E-state index in [4.69, 9.17) is 9.47 Å². The SMILES string of the molecule is COc1ccc(S(=O)(=O)Br)c(OC)c1. The van der Waals surface area contributed by atoms with Crippen molar-refractivity contribution in [2.75, 3.05) is 14.2 Å². The van der Waals surface area contributed by atoms with Crippen LogP contribution in [0.1, 0.15) is 0 Å². The lowest BCUT2D eigenvalue weighted by molar-refractivity contribution is 0.386. The lowest BCUT2D eigenvalue weighted by atomic mass is 10.3. The summed E-state index contributed by atoms with van der Waals surface area (Å²) in [5, 5.41) is 0. The van der Waals surface area contributed by atoms with Crippen LogP contribution in [0.5, 0.6) is 11.5 Å². The summed E-state index contributed by atoms with van der Waals surface area (Å²) in [6, 6.07) is 4.48. The van der Waals surface area contributed by atoms with Crippen molar-refractivity contribution in [1.82, 2.24) is 0 Å². The second-order valence-corrected chi connectivity index (χ2v) is 6.33. The van der Waals surface area contributed by atoms with E-state index < -0.39 is 8.27 Å². The van der Waals surface area contributed by atoms with Gasteiger partial charge in [-0.1, -0.05) is 0 Å². The van der Waals surface area contributed by atoms with E-state index >= 15 is 0 Å². The number of hydrogen-bond donors (Lipinski definition) is 0. The van der Waals surface area contributed by atoms with E-state index in [1.54, 1.807) is 6.07 Å². The van der Waals surface area contributed by atoms with Crippen molar-refractivity contribution >= 4 is 23.1 Å². The van der Waals surface area contributed by atoms with Crippen LogP contribution in [-0.4, -0.2) is 22.6 Å². The van der Waals surface area contributed by atoms with Gasteiger partial charge in [-0.3, -0.25) is 0 Å². The highest BCUT2D eigenvalue weighted by Crippen LogP contribution is 2.31. The zero-order valence-corrected chi connectivity index (χ0v) is 10.1. The van der Waals surface area contributed by atoms with Crippen LogP contribution in [0.2, 0.25) is 0 Å². The number of methoxy groups -OCH3 is 2. The molecule has 0 fully saturated rings. The predicted molar refractivity (Wildman–Crippen MR) is 55.7 cm³/mol. The van der Waals surface area contributed by atoms with Gasteiger partial charge < -0.3 is 9.47 Å². The molecule has 0 saturated heterocycles. The number of halogens is 1. The first-order chi connectivity index (χ1) is 6.49. The minimum absolute atomic E-state index is 0.0841. The lowest BCUT2D eigenvalue weighted by Crippen LogP contribution is -1.96. The molecule has 0 amide bonds. The molecule has 1 rings (SSSR count). The summed E-state index contributed by atoms with van der Waals surface area (Å²) in [5.74, 6) is 0.794. The van der Waals surface area contributed by atoms with Crippen molar-refractivity contribution in [1.29, 1.82) is 0 Å². The van der Waals surface area contributed by atoms with Gasteiger partial charge in [-0.2, -0.15) is 0 Å². The number of rotatable bonds is 3. The van der Waals surface area contributed by atoms with Crippen molar-refractivity contribution < 1.29 is 17.9 Å². The average Bonchev–Trinajstić information content (AvgIpc) is 2.15. The molecule has 0 aliphatic carbocycles. The van der Waals surface area contributed by atoms with Gasteiger partial charge in [0.25, 0.3) is 0 Å². The standard InChI is InChI=1S/C8H9BrO4S/c1-12-6-3-4-8(14(9,10)11)7(5-6)13-2/h3-5H,1-2H3. The molecule has 0 N–H and O–H groups in total. The first kappa shape index (κ1) is 11.3. The van der Waals surface area contributed by atoms with E-state index in [0.717, 1.165) is 0 Å². The molecule has 1 aromatic carbocycles. The van der Waals surface area contributed by atoms with E-state index in [1.165, 1.54) is 26.4 Å². The third kappa shape index (κ3) is 2.39. The average molecular weight is 281 g/mol. The van der Waals surface area contributed by atoms with E-state index in [1.807, 2.05) is 0 Å². The smallest absolute Gasteiger partial charge is 0.241 e. The fourth-order valence-electron chi connectivity index (χ4n) is 0.976. The van der Waals surface area contributed by atoms with Gasteiger partial charge >= 0.3 is 0 Å². The first-order valence-corrected chi connectivity index (χ1v) is 6.98. The summed E-state index contributed by atoms with van der Waals surface area (Å²) < 4.78 is 32.3. The molecule has 0 aliphatic heterocycles. The van der Waals surface area contributed by atoms with Crippen LogP contribution in [0, 0.1) is 0 Å². The van der Waals surface area contributed by atoms with Crippen molar-refractivity contribution in [3.8, 4) is 11.5 Å². The second kappa shape index (κ2) is 4.18. The molecule has 0 atom stereocenters. The Kier molecular flexibility index (Phi) is 3.38. The van der Waals surface area contributed by atoms with Gasteiger partial charge in [-0.05, 0) is 12.1 Å². The molecule has 6 heteroatoms. The molecule has 0 unspecified atom stereocenters. The number of hydrogen-bond acceptors (Lipinski definition) is 4. The minimum Gasteiger partial charge on any atom is -0.497 e. The summed E-state index contributed by atoms with van der Waals surface area (Å²) >= 11 is 2.58. The minimum atomic E-state index is -3.44. The predicted octanol–water partition coefficient (Wildman–Crippen LogP) is 1.79. The molecule has 0 aromatic heterocycles. The molecule has 0 spiro atoms. The Balaban J connectivity index is 3.33. The van der Waals surface area contributed by atoms with Crippen molar-refractivity contribution in [2.24, 2.45) is 0 Å². The van der Waals surface area contributed by atoms with E-state index in [9.17, 15) is 8.42 Å². The van der Waals surface area contributed by atoms with E-state index in [0.29, 0.717) is 5.75 Å². The molecule has 0 aliphatic rings. The van der Waals surface area contributed by atoms with Crippen LogP contribution in [-0.2, 0) is 8.27 Å². The Hall–Kier alpha value is -0.750. The Morgan fingerprint density at radius 3 is 2.29 bits per heavy atom. The maximum absolute atomic E-state index is 11.2. The molecule has 1 aromatic rings. The summed E-state index contributed by atoms with van der Waals surface area (Å²) in [4.78, 5) is 0.0841. The largest absolute Gasteiger partial charge is 0.497 e. The summed E-state index contributed by atoms with van der Waals surface area (Å²) in [7, 11) is -0.542. The fourth-order valence-corrected chi connectivity index (χ4v) is 2.39. The zero-order chi connectivity index (χ0) is 10.8. The Morgan fingerprint density at radius 1 is 1.21 bits per heavy atom. The van der Waals surface area contributed by atoms with E-state index in [-0.39, 0.29) is 10.6 Å². The lowest BCUT2D eigenvalue weighted by Gasteiger charge is -2.07. The maximum atomic E-state index is 11.2. The summed E-state index contributed by atoms with van der Waals surface area (Å²) in [6.45, 7) is 0. The van der Waals surface area contributed by atoms with Gasteiger partial charge in [0.2, 0.25) is 8.27 Å². The van der Waals surface area contributed by atoms with Gasteiger partial charge in [0, 0.05) is 6.07 Å². The molecular formula is C8H9BrO4S. The number of benzene rings is 1. The van der Waals surface area contributed by atoms with Gasteiger partial charge in [0.05, 0.1) is 29.0 Å². The van der Waals surface area contributed by atoms with Crippen LogP contribution in [0.4, 0.5) is 0 Å². The quantitative estimate of drug-likeness (QED) is 0.793. The van der Waals surface area contributed by atoms with Gasteiger partial charge in [0.15, 0.2) is 0 Å². The van der Waals surface area contributed by atoms with Crippen molar-refractivity contribution in [3.63, 3.8) is 0 Å². The third-order valence-electron chi connectivity index (χ3n) is 1.63. The van der Waals surface area contributed by atoms with Crippen molar-refractivity contribution in [2.45, 2.75) is 4.90 Å². The highest BCUT2D eigenvalue weighted by molar-refractivity contribution is 9.47. The Morgan fingerprint density at radius 2 is 1.86 bits per heavy atom. The molecule has 78 valence electrons. The number of ether oxygens (including phenoxy) is 2. The summed E-state index contributed by atoms with van der Waals surface area (Å²) in [5.41, 5.74) is 0. The van der Waals surface area contributed by atoms with Crippen LogP contribution in [0.3, 0.4) is 0 Å². The monoisotopic (exact) mass is 280 g/mol. The molecular weight excluding hydrogens is 272 g/mol. The van der Waals surface area contributed by atoms with Gasteiger partial charge in [-0.15, -0.1) is 0 Å². The topological polar surface area (TPSA) is 52.6 Å². The van der Waals surface area contributed by atoms with Gasteiger partial charge in [0.1, 0.15) is 16.4 Å². The molecule has 0 bridgehead atoms. The van der Waals surface area contributed by atoms with Crippen LogP contribution < -0.4 is 9.47 Å². The van der Waals surface area contributed by atoms with Crippen molar-refractivity contribution in [3.05, 3.63) is 18.2 Å². The Labute approximate surface area is 90.0 Å². The molecule has 4 nitrogen and oxygen atoms in total. The maximum Gasteiger partial charge on any atom is 0.241 e.